The Balaban J connectivity index is 2.62. The second kappa shape index (κ2) is 4.21. The quantitative estimate of drug-likeness (QED) is 0.938. The number of rotatable bonds is 3. The average Bonchev–Trinajstić information content (AvgIpc) is 2.84. The Kier molecular flexibility index (Phi) is 3.02. The lowest BCUT2D eigenvalue weighted by molar-refractivity contribution is 0.152. The molecular formula is C9H7F2NO3S2. The Morgan fingerprint density at radius 1 is 1.29 bits per heavy atom. The molecule has 0 atom stereocenters. The summed E-state index contributed by atoms with van der Waals surface area (Å²) in [7, 11) is -4.07. The van der Waals surface area contributed by atoms with Gasteiger partial charge in [-0.3, -0.25) is 0 Å². The second-order valence-electron chi connectivity index (χ2n) is 3.21. The standard InChI is InChI=1S/C9H7F2NO3S2/c10-8(11)7-4-16-3-6(7)5-1-2-15-9(5)17(12,13)14/h1-4,8H,(H2,12,13,14). The number of hydrogen-bond acceptors (Lipinski definition) is 4. The first-order chi connectivity index (χ1) is 7.91. The van der Waals surface area contributed by atoms with E-state index in [0.717, 1.165) is 17.6 Å². The molecule has 0 amide bonds. The minimum atomic E-state index is -4.07. The SMILES string of the molecule is NS(=O)(=O)c1occc1-c1cscc1C(F)F. The van der Waals surface area contributed by atoms with Crippen LogP contribution in [0.3, 0.4) is 0 Å². The van der Waals surface area contributed by atoms with Crippen molar-refractivity contribution in [2.75, 3.05) is 0 Å². The number of sulfonamides is 1. The molecule has 2 N–H and O–H groups in total. The summed E-state index contributed by atoms with van der Waals surface area (Å²) in [5.74, 6) is 0. The van der Waals surface area contributed by atoms with Crippen molar-refractivity contribution in [1.29, 1.82) is 0 Å². The Morgan fingerprint density at radius 3 is 2.59 bits per heavy atom. The van der Waals surface area contributed by atoms with Gasteiger partial charge < -0.3 is 4.42 Å². The van der Waals surface area contributed by atoms with Crippen LogP contribution < -0.4 is 5.14 Å². The number of nitrogens with two attached hydrogens (primary N) is 1. The number of primary sulfonamides is 1. The molecule has 8 heteroatoms. The molecule has 4 nitrogen and oxygen atoms in total. The van der Waals surface area contributed by atoms with Crippen LogP contribution in [0.15, 0.2) is 32.6 Å². The zero-order valence-electron chi connectivity index (χ0n) is 8.26. The Bertz CT molecular complexity index is 630. The van der Waals surface area contributed by atoms with E-state index in [0.29, 0.717) is 0 Å². The Hall–Kier alpha value is -1.25. The summed E-state index contributed by atoms with van der Waals surface area (Å²) in [6, 6.07) is 1.30. The van der Waals surface area contributed by atoms with Crippen molar-refractivity contribution in [2.45, 2.75) is 11.5 Å². The van der Waals surface area contributed by atoms with Crippen molar-refractivity contribution in [2.24, 2.45) is 5.14 Å². The number of thiophene rings is 1. The summed E-state index contributed by atoms with van der Waals surface area (Å²) in [5, 5.41) is 7.12. The first-order valence-corrected chi connectivity index (χ1v) is 6.85. The summed E-state index contributed by atoms with van der Waals surface area (Å²) in [6.45, 7) is 0. The highest BCUT2D eigenvalue weighted by atomic mass is 32.2. The van der Waals surface area contributed by atoms with Crippen LogP contribution in [0.2, 0.25) is 0 Å². The van der Waals surface area contributed by atoms with E-state index in [1.165, 1.54) is 16.8 Å². The van der Waals surface area contributed by atoms with E-state index in [1.807, 2.05) is 0 Å². The van der Waals surface area contributed by atoms with Crippen LogP contribution in [0.4, 0.5) is 8.78 Å². The van der Waals surface area contributed by atoms with Crippen molar-refractivity contribution in [3.05, 3.63) is 28.7 Å². The van der Waals surface area contributed by atoms with E-state index in [-0.39, 0.29) is 16.7 Å². The third kappa shape index (κ3) is 2.24. The van der Waals surface area contributed by atoms with Gasteiger partial charge in [-0.1, -0.05) is 0 Å². The molecule has 0 saturated carbocycles. The van der Waals surface area contributed by atoms with E-state index in [9.17, 15) is 17.2 Å². The molecule has 0 bridgehead atoms. The lowest BCUT2D eigenvalue weighted by Gasteiger charge is -2.02. The molecule has 2 aromatic rings. The van der Waals surface area contributed by atoms with Crippen LogP contribution in [0.25, 0.3) is 11.1 Å². The van der Waals surface area contributed by atoms with Gasteiger partial charge in [0.1, 0.15) is 0 Å². The monoisotopic (exact) mass is 279 g/mol. The van der Waals surface area contributed by atoms with Gasteiger partial charge in [0, 0.05) is 22.1 Å². The van der Waals surface area contributed by atoms with Gasteiger partial charge in [0.15, 0.2) is 0 Å². The van der Waals surface area contributed by atoms with Crippen molar-refractivity contribution >= 4 is 21.4 Å². The fraction of sp³-hybridized carbons (Fsp3) is 0.111. The average molecular weight is 279 g/mol. The second-order valence-corrected chi connectivity index (χ2v) is 5.41. The van der Waals surface area contributed by atoms with Crippen LogP contribution in [0.1, 0.15) is 12.0 Å². The minimum Gasteiger partial charge on any atom is -0.451 e. The smallest absolute Gasteiger partial charge is 0.272 e. The van der Waals surface area contributed by atoms with Gasteiger partial charge in [0.25, 0.3) is 16.4 Å². The maximum atomic E-state index is 12.7. The third-order valence-corrected chi connectivity index (χ3v) is 3.70. The van der Waals surface area contributed by atoms with Crippen molar-refractivity contribution < 1.29 is 21.6 Å². The van der Waals surface area contributed by atoms with E-state index in [1.54, 1.807) is 0 Å². The molecule has 2 heterocycles. The lowest BCUT2D eigenvalue weighted by atomic mass is 10.1. The molecule has 17 heavy (non-hydrogen) atoms. The highest BCUT2D eigenvalue weighted by molar-refractivity contribution is 7.89. The number of alkyl halides is 2. The summed E-state index contributed by atoms with van der Waals surface area (Å²) < 4.78 is 52.5. The molecule has 0 aliphatic rings. The number of furan rings is 1. The molecule has 92 valence electrons. The van der Waals surface area contributed by atoms with Crippen LogP contribution in [-0.2, 0) is 10.0 Å². The van der Waals surface area contributed by atoms with Crippen molar-refractivity contribution in [1.82, 2.24) is 0 Å². The molecule has 0 aliphatic heterocycles. The first-order valence-electron chi connectivity index (χ1n) is 4.36. The largest absolute Gasteiger partial charge is 0.451 e. The number of hydrogen-bond donors (Lipinski definition) is 1. The molecule has 0 saturated heterocycles. The van der Waals surface area contributed by atoms with Crippen molar-refractivity contribution in [3.63, 3.8) is 0 Å². The fourth-order valence-corrected chi connectivity index (χ4v) is 2.93. The van der Waals surface area contributed by atoms with E-state index in [4.69, 9.17) is 9.56 Å². The van der Waals surface area contributed by atoms with Gasteiger partial charge in [-0.05, 0) is 11.4 Å². The minimum absolute atomic E-state index is 0.0593. The Morgan fingerprint density at radius 2 is 2.00 bits per heavy atom. The predicted molar refractivity (Wildman–Crippen MR) is 58.4 cm³/mol. The van der Waals surface area contributed by atoms with Crippen LogP contribution in [0, 0.1) is 0 Å². The normalized spacial score (nSPS) is 12.2. The van der Waals surface area contributed by atoms with E-state index >= 15 is 0 Å². The zero-order valence-corrected chi connectivity index (χ0v) is 9.89. The highest BCUT2D eigenvalue weighted by Crippen LogP contribution is 2.37. The van der Waals surface area contributed by atoms with Crippen LogP contribution in [0.5, 0.6) is 0 Å². The molecule has 0 fully saturated rings. The van der Waals surface area contributed by atoms with Gasteiger partial charge in [-0.25, -0.2) is 22.3 Å². The predicted octanol–water partition coefficient (Wildman–Crippen LogP) is 2.59. The highest BCUT2D eigenvalue weighted by Gasteiger charge is 2.24. The van der Waals surface area contributed by atoms with Crippen molar-refractivity contribution in [3.8, 4) is 11.1 Å². The van der Waals surface area contributed by atoms with E-state index < -0.39 is 21.5 Å². The summed E-state index contributed by atoms with van der Waals surface area (Å²) in [6.07, 6.45) is -1.58. The fourth-order valence-electron chi connectivity index (χ4n) is 1.41. The van der Waals surface area contributed by atoms with Crippen LogP contribution in [-0.4, -0.2) is 8.42 Å². The van der Waals surface area contributed by atoms with E-state index in [2.05, 4.69) is 0 Å². The Labute approximate surface area is 99.7 Å². The molecular weight excluding hydrogens is 272 g/mol. The molecule has 2 rings (SSSR count). The van der Waals surface area contributed by atoms with Gasteiger partial charge in [-0.2, -0.15) is 11.3 Å². The van der Waals surface area contributed by atoms with Gasteiger partial charge in [-0.15, -0.1) is 0 Å². The number of halogens is 2. The molecule has 0 radical (unpaired) electrons. The third-order valence-electron chi connectivity index (χ3n) is 2.11. The summed E-state index contributed by atoms with van der Waals surface area (Å²) in [4.78, 5) is 0. The molecule has 2 aromatic heterocycles. The molecule has 0 spiro atoms. The molecule has 0 unspecified atom stereocenters. The topological polar surface area (TPSA) is 73.3 Å². The zero-order chi connectivity index (χ0) is 12.6. The summed E-state index contributed by atoms with van der Waals surface area (Å²) >= 11 is 1.05. The van der Waals surface area contributed by atoms with Gasteiger partial charge in [0.2, 0.25) is 5.09 Å². The lowest BCUT2D eigenvalue weighted by Crippen LogP contribution is -2.12. The molecule has 0 aromatic carbocycles. The maximum Gasteiger partial charge on any atom is 0.272 e. The first kappa shape index (κ1) is 12.2. The summed E-state index contributed by atoms with van der Waals surface area (Å²) in [5.41, 5.74) is -0.0480. The van der Waals surface area contributed by atoms with Crippen LogP contribution >= 0.6 is 11.3 Å². The van der Waals surface area contributed by atoms with Gasteiger partial charge in [0.05, 0.1) is 6.26 Å². The maximum absolute atomic E-state index is 12.7. The molecule has 0 aliphatic carbocycles. The van der Waals surface area contributed by atoms with Gasteiger partial charge >= 0.3 is 0 Å².